The number of ether oxygens (including phenoxy) is 1. The van der Waals surface area contributed by atoms with E-state index in [1.807, 2.05) is 25.1 Å². The van der Waals surface area contributed by atoms with Crippen molar-refractivity contribution < 1.29 is 14.3 Å². The second-order valence-corrected chi connectivity index (χ2v) is 10.1. The summed E-state index contributed by atoms with van der Waals surface area (Å²) < 4.78 is 6.98. The van der Waals surface area contributed by atoms with Crippen LogP contribution < -0.4 is 5.32 Å². The highest BCUT2D eigenvalue weighted by atomic mass is 16.5. The van der Waals surface area contributed by atoms with E-state index >= 15 is 0 Å². The molecule has 1 aromatic carbocycles. The molecular formula is C26H38N4O3. The van der Waals surface area contributed by atoms with Gasteiger partial charge in [0.2, 0.25) is 11.8 Å². The van der Waals surface area contributed by atoms with Crippen LogP contribution in [0, 0.1) is 19.8 Å². The minimum atomic E-state index is -0.233. The monoisotopic (exact) mass is 454 g/mol. The van der Waals surface area contributed by atoms with Crippen molar-refractivity contribution in [1.29, 1.82) is 0 Å². The standard InChI is InChI=1S/C26H38N4O3/c1-18-11-12-21(19(2)15-18)30-23(16-22(28-30)26(3,4)5)27-24(31)17-29(13-14-33-6)25(32)20-9-7-8-10-20/h11-12,15-16,20H,7-10,13-14,17H2,1-6H3,(H,27,31). The normalized spacial score (nSPS) is 14.5. The molecular weight excluding hydrogens is 416 g/mol. The van der Waals surface area contributed by atoms with E-state index in [0.717, 1.165) is 42.6 Å². The number of carbonyl (C=O) groups is 2. The molecule has 0 radical (unpaired) electrons. The number of aryl methyl sites for hydroxylation is 2. The molecule has 7 nitrogen and oxygen atoms in total. The Morgan fingerprint density at radius 2 is 1.88 bits per heavy atom. The molecule has 7 heteroatoms. The number of nitrogens with zero attached hydrogens (tertiary/aromatic N) is 3. The van der Waals surface area contributed by atoms with Crippen LogP contribution in [-0.2, 0) is 19.7 Å². The van der Waals surface area contributed by atoms with E-state index in [-0.39, 0.29) is 29.7 Å². The molecule has 0 aliphatic heterocycles. The largest absolute Gasteiger partial charge is 0.383 e. The first kappa shape index (κ1) is 25.0. The second-order valence-electron chi connectivity index (χ2n) is 10.1. The second kappa shape index (κ2) is 10.5. The lowest BCUT2D eigenvalue weighted by Gasteiger charge is -2.25. The highest BCUT2D eigenvalue weighted by Crippen LogP contribution is 2.29. The van der Waals surface area contributed by atoms with Crippen molar-refractivity contribution in [2.75, 3.05) is 32.1 Å². The predicted molar refractivity (Wildman–Crippen MR) is 131 cm³/mol. The zero-order valence-electron chi connectivity index (χ0n) is 20.9. The SMILES string of the molecule is COCCN(CC(=O)Nc1cc(C(C)(C)C)nn1-c1ccc(C)cc1C)C(=O)C1CCCC1. The number of methoxy groups -OCH3 is 1. The average Bonchev–Trinajstić information content (AvgIpc) is 3.41. The summed E-state index contributed by atoms with van der Waals surface area (Å²) in [6.07, 6.45) is 3.95. The number of benzene rings is 1. The van der Waals surface area contributed by atoms with Gasteiger partial charge >= 0.3 is 0 Å². The summed E-state index contributed by atoms with van der Waals surface area (Å²) in [6, 6.07) is 8.09. The topological polar surface area (TPSA) is 76.5 Å². The molecule has 2 aromatic rings. The Balaban J connectivity index is 1.84. The molecule has 0 saturated heterocycles. The van der Waals surface area contributed by atoms with Crippen molar-refractivity contribution in [1.82, 2.24) is 14.7 Å². The molecule has 3 rings (SSSR count). The van der Waals surface area contributed by atoms with Crippen LogP contribution in [-0.4, -0.2) is 53.3 Å². The molecule has 1 heterocycles. The van der Waals surface area contributed by atoms with Crippen LogP contribution in [0.1, 0.15) is 63.3 Å². The first-order valence-corrected chi connectivity index (χ1v) is 11.9. The summed E-state index contributed by atoms with van der Waals surface area (Å²) in [5.41, 5.74) is 3.88. The number of hydrogen-bond donors (Lipinski definition) is 1. The lowest BCUT2D eigenvalue weighted by Crippen LogP contribution is -2.42. The van der Waals surface area contributed by atoms with Crippen LogP contribution in [0.2, 0.25) is 0 Å². The maximum Gasteiger partial charge on any atom is 0.245 e. The van der Waals surface area contributed by atoms with E-state index in [9.17, 15) is 9.59 Å². The highest BCUT2D eigenvalue weighted by molar-refractivity contribution is 5.94. The molecule has 2 amide bonds. The Morgan fingerprint density at radius 3 is 2.48 bits per heavy atom. The van der Waals surface area contributed by atoms with Crippen LogP contribution in [0.25, 0.3) is 5.69 Å². The van der Waals surface area contributed by atoms with Gasteiger partial charge in [0, 0.05) is 31.1 Å². The van der Waals surface area contributed by atoms with Gasteiger partial charge in [0.25, 0.3) is 0 Å². The van der Waals surface area contributed by atoms with Gasteiger partial charge in [-0.15, -0.1) is 0 Å². The van der Waals surface area contributed by atoms with Gasteiger partial charge in [-0.1, -0.05) is 51.3 Å². The maximum absolute atomic E-state index is 13.1. The number of rotatable bonds is 8. The van der Waals surface area contributed by atoms with Crippen LogP contribution in [0.15, 0.2) is 24.3 Å². The Labute approximate surface area is 197 Å². The fraction of sp³-hybridized carbons (Fsp3) is 0.577. The zero-order valence-corrected chi connectivity index (χ0v) is 20.9. The van der Waals surface area contributed by atoms with Crippen molar-refractivity contribution in [2.45, 2.75) is 65.7 Å². The third-order valence-electron chi connectivity index (χ3n) is 6.24. The fourth-order valence-electron chi connectivity index (χ4n) is 4.32. The minimum Gasteiger partial charge on any atom is -0.383 e. The van der Waals surface area contributed by atoms with Gasteiger partial charge in [0.1, 0.15) is 5.82 Å². The molecule has 1 aliphatic rings. The lowest BCUT2D eigenvalue weighted by molar-refractivity contribution is -0.138. The van der Waals surface area contributed by atoms with E-state index in [4.69, 9.17) is 9.84 Å². The molecule has 180 valence electrons. The summed E-state index contributed by atoms with van der Waals surface area (Å²) >= 11 is 0. The number of hydrogen-bond acceptors (Lipinski definition) is 4. The molecule has 1 fully saturated rings. The Kier molecular flexibility index (Phi) is 7.95. The first-order chi connectivity index (χ1) is 15.6. The van der Waals surface area contributed by atoms with Crippen LogP contribution in [0.5, 0.6) is 0 Å². The molecule has 0 spiro atoms. The summed E-state index contributed by atoms with van der Waals surface area (Å²) in [4.78, 5) is 27.7. The van der Waals surface area contributed by atoms with Crippen molar-refractivity contribution in [3.05, 3.63) is 41.1 Å². The van der Waals surface area contributed by atoms with Gasteiger partial charge in [-0.2, -0.15) is 5.10 Å². The van der Waals surface area contributed by atoms with Crippen molar-refractivity contribution in [3.63, 3.8) is 0 Å². The fourth-order valence-corrected chi connectivity index (χ4v) is 4.32. The van der Waals surface area contributed by atoms with Crippen molar-refractivity contribution in [3.8, 4) is 5.69 Å². The number of carbonyl (C=O) groups excluding carboxylic acids is 2. The van der Waals surface area contributed by atoms with Gasteiger partial charge in [0.15, 0.2) is 0 Å². The molecule has 0 atom stereocenters. The first-order valence-electron chi connectivity index (χ1n) is 11.9. The Hall–Kier alpha value is -2.67. The summed E-state index contributed by atoms with van der Waals surface area (Å²) in [5.74, 6) is 0.446. The van der Waals surface area contributed by atoms with Crippen molar-refractivity contribution in [2.24, 2.45) is 5.92 Å². The smallest absolute Gasteiger partial charge is 0.245 e. The molecule has 0 bridgehead atoms. The van der Waals surface area contributed by atoms with Gasteiger partial charge in [-0.25, -0.2) is 4.68 Å². The maximum atomic E-state index is 13.1. The minimum absolute atomic E-state index is 0.00159. The van der Waals surface area contributed by atoms with Crippen LogP contribution in [0.3, 0.4) is 0 Å². The molecule has 1 saturated carbocycles. The summed E-state index contributed by atoms with van der Waals surface area (Å²) in [7, 11) is 1.61. The number of aromatic nitrogens is 2. The highest BCUT2D eigenvalue weighted by Gasteiger charge is 2.29. The number of anilines is 1. The molecule has 1 N–H and O–H groups in total. The van der Waals surface area contributed by atoms with E-state index in [2.05, 4.69) is 39.1 Å². The lowest BCUT2D eigenvalue weighted by atomic mass is 9.92. The third kappa shape index (κ3) is 6.22. The van der Waals surface area contributed by atoms with Gasteiger partial charge < -0.3 is 15.0 Å². The van der Waals surface area contributed by atoms with E-state index in [1.165, 1.54) is 5.56 Å². The van der Waals surface area contributed by atoms with Gasteiger partial charge in [0.05, 0.1) is 24.5 Å². The van der Waals surface area contributed by atoms with E-state index in [0.29, 0.717) is 19.0 Å². The van der Waals surface area contributed by atoms with Crippen LogP contribution >= 0.6 is 0 Å². The number of nitrogens with one attached hydrogen (secondary N) is 1. The molecule has 0 unspecified atom stereocenters. The zero-order chi connectivity index (χ0) is 24.2. The van der Waals surface area contributed by atoms with Crippen molar-refractivity contribution >= 4 is 17.6 Å². The molecule has 1 aromatic heterocycles. The molecule has 1 aliphatic carbocycles. The summed E-state index contributed by atoms with van der Waals surface area (Å²) in [5, 5.41) is 7.85. The average molecular weight is 455 g/mol. The summed E-state index contributed by atoms with van der Waals surface area (Å²) in [6.45, 7) is 11.2. The third-order valence-corrected chi connectivity index (χ3v) is 6.24. The van der Waals surface area contributed by atoms with E-state index < -0.39 is 0 Å². The quantitative estimate of drug-likeness (QED) is 0.642. The Morgan fingerprint density at radius 1 is 1.18 bits per heavy atom. The van der Waals surface area contributed by atoms with Crippen LogP contribution in [0.4, 0.5) is 5.82 Å². The van der Waals surface area contributed by atoms with Gasteiger partial charge in [-0.3, -0.25) is 9.59 Å². The van der Waals surface area contributed by atoms with E-state index in [1.54, 1.807) is 16.7 Å². The molecule has 33 heavy (non-hydrogen) atoms. The predicted octanol–water partition coefficient (Wildman–Crippen LogP) is 4.39. The Bertz CT molecular complexity index is 984. The number of amides is 2. The van der Waals surface area contributed by atoms with Gasteiger partial charge in [-0.05, 0) is 38.3 Å².